The zero-order valence-corrected chi connectivity index (χ0v) is 12.4. The summed E-state index contributed by atoms with van der Waals surface area (Å²) in [6, 6.07) is 3.31. The third kappa shape index (κ3) is 3.29. The molecule has 0 aliphatic heterocycles. The van der Waals surface area contributed by atoms with Crippen molar-refractivity contribution in [1.82, 2.24) is 4.72 Å². The van der Waals surface area contributed by atoms with Gasteiger partial charge in [-0.1, -0.05) is 0 Å². The van der Waals surface area contributed by atoms with Gasteiger partial charge in [-0.05, 0) is 52.7 Å². The van der Waals surface area contributed by atoms with Crippen molar-refractivity contribution >= 4 is 37.3 Å². The summed E-state index contributed by atoms with van der Waals surface area (Å²) < 4.78 is 27.6. The molecule has 4 nitrogen and oxygen atoms in total. The van der Waals surface area contributed by atoms with E-state index in [1.807, 2.05) is 0 Å². The normalized spacial score (nSPS) is 18.2. The highest BCUT2D eigenvalue weighted by Gasteiger charge is 2.42. The molecule has 0 amide bonds. The van der Waals surface area contributed by atoms with Gasteiger partial charge in [-0.3, -0.25) is 0 Å². The van der Waals surface area contributed by atoms with E-state index in [4.69, 9.17) is 5.11 Å². The molecule has 0 atom stereocenters. The summed E-state index contributed by atoms with van der Waals surface area (Å²) in [5.41, 5.74) is -0.00366. The minimum atomic E-state index is -3.39. The molecule has 1 aliphatic carbocycles. The molecule has 0 aromatic carbocycles. The molecule has 1 heterocycles. The van der Waals surface area contributed by atoms with Crippen molar-refractivity contribution in [3.63, 3.8) is 0 Å². The molecule has 1 aliphatic rings. The van der Waals surface area contributed by atoms with E-state index in [0.717, 1.165) is 16.6 Å². The Bertz CT molecular complexity index is 493. The van der Waals surface area contributed by atoms with Gasteiger partial charge < -0.3 is 5.11 Å². The number of hydrogen-bond donors (Lipinski definition) is 2. The van der Waals surface area contributed by atoms with Crippen LogP contribution >= 0.6 is 27.3 Å². The number of rotatable bonds is 6. The van der Waals surface area contributed by atoms with Crippen LogP contribution < -0.4 is 4.72 Å². The smallest absolute Gasteiger partial charge is 0.250 e. The van der Waals surface area contributed by atoms with E-state index < -0.39 is 10.0 Å². The first kappa shape index (κ1) is 13.5. The van der Waals surface area contributed by atoms with Gasteiger partial charge >= 0.3 is 0 Å². The highest BCUT2D eigenvalue weighted by molar-refractivity contribution is 9.11. The van der Waals surface area contributed by atoms with E-state index in [0.29, 0.717) is 17.2 Å². The molecule has 1 fully saturated rings. The standard InChI is InChI=1S/C10H14BrNO3S2/c11-8-1-2-9(16-8)17(14,15)12-7-10(3-4-10)5-6-13/h1-2,12-13H,3-7H2. The fraction of sp³-hybridized carbons (Fsp3) is 0.600. The summed E-state index contributed by atoms with van der Waals surface area (Å²) in [5.74, 6) is 0. The van der Waals surface area contributed by atoms with Crippen LogP contribution in [0.3, 0.4) is 0 Å². The quantitative estimate of drug-likeness (QED) is 0.832. The van der Waals surface area contributed by atoms with Crippen LogP contribution in [0.2, 0.25) is 0 Å². The molecule has 1 aromatic rings. The number of hydrogen-bond acceptors (Lipinski definition) is 4. The Balaban J connectivity index is 1.99. The predicted octanol–water partition coefficient (Wildman–Crippen LogP) is 1.95. The molecule has 2 rings (SSSR count). The highest BCUT2D eigenvalue weighted by Crippen LogP contribution is 2.48. The molecule has 1 aromatic heterocycles. The summed E-state index contributed by atoms with van der Waals surface area (Å²) in [6.45, 7) is 0.539. The SMILES string of the molecule is O=S(=O)(NCC1(CCO)CC1)c1ccc(Br)s1. The van der Waals surface area contributed by atoms with Crippen molar-refractivity contribution < 1.29 is 13.5 Å². The van der Waals surface area contributed by atoms with Crippen LogP contribution in [0.5, 0.6) is 0 Å². The van der Waals surface area contributed by atoms with Crippen molar-refractivity contribution in [3.05, 3.63) is 15.9 Å². The monoisotopic (exact) mass is 339 g/mol. The Labute approximate surface area is 113 Å². The Hall–Kier alpha value is 0.0500. The van der Waals surface area contributed by atoms with Gasteiger partial charge in [-0.15, -0.1) is 11.3 Å². The molecule has 17 heavy (non-hydrogen) atoms. The average Bonchev–Trinajstić information content (AvgIpc) is 2.89. The lowest BCUT2D eigenvalue weighted by atomic mass is 10.0. The lowest BCUT2D eigenvalue weighted by Gasteiger charge is -2.13. The zero-order chi connectivity index (χ0) is 12.5. The van der Waals surface area contributed by atoms with Crippen LogP contribution in [0.1, 0.15) is 19.3 Å². The third-order valence-corrected chi connectivity index (χ3v) is 6.57. The maximum Gasteiger partial charge on any atom is 0.250 e. The van der Waals surface area contributed by atoms with E-state index in [1.54, 1.807) is 12.1 Å². The van der Waals surface area contributed by atoms with Crippen molar-refractivity contribution in [2.24, 2.45) is 5.41 Å². The first-order valence-corrected chi connectivity index (χ1v) is 8.43. The maximum absolute atomic E-state index is 11.9. The topological polar surface area (TPSA) is 66.4 Å². The molecule has 0 radical (unpaired) electrons. The van der Waals surface area contributed by atoms with Crippen LogP contribution in [-0.4, -0.2) is 26.7 Å². The van der Waals surface area contributed by atoms with Gasteiger partial charge in [-0.2, -0.15) is 0 Å². The Morgan fingerprint density at radius 3 is 2.65 bits per heavy atom. The molecule has 7 heteroatoms. The highest BCUT2D eigenvalue weighted by atomic mass is 79.9. The van der Waals surface area contributed by atoms with E-state index >= 15 is 0 Å². The van der Waals surface area contributed by atoms with E-state index in [9.17, 15) is 8.42 Å². The number of halogens is 1. The van der Waals surface area contributed by atoms with Crippen LogP contribution in [0.15, 0.2) is 20.1 Å². The molecular weight excluding hydrogens is 326 g/mol. The van der Waals surface area contributed by atoms with Gasteiger partial charge in [0, 0.05) is 13.2 Å². The van der Waals surface area contributed by atoms with Crippen molar-refractivity contribution in [2.75, 3.05) is 13.2 Å². The van der Waals surface area contributed by atoms with Crippen LogP contribution in [-0.2, 0) is 10.0 Å². The van der Waals surface area contributed by atoms with Gasteiger partial charge in [-0.25, -0.2) is 13.1 Å². The lowest BCUT2D eigenvalue weighted by Crippen LogP contribution is -2.30. The zero-order valence-electron chi connectivity index (χ0n) is 9.15. The number of sulfonamides is 1. The average molecular weight is 340 g/mol. The number of thiophene rings is 1. The van der Waals surface area contributed by atoms with Crippen molar-refractivity contribution in [1.29, 1.82) is 0 Å². The third-order valence-electron chi connectivity index (χ3n) is 3.05. The Kier molecular flexibility index (Phi) is 3.94. The predicted molar refractivity (Wildman–Crippen MR) is 70.6 cm³/mol. The van der Waals surface area contributed by atoms with Crippen molar-refractivity contribution in [3.8, 4) is 0 Å². The van der Waals surface area contributed by atoms with E-state index in [2.05, 4.69) is 20.7 Å². The summed E-state index contributed by atoms with van der Waals surface area (Å²) >= 11 is 4.44. The molecule has 0 saturated heterocycles. The molecule has 2 N–H and O–H groups in total. The largest absolute Gasteiger partial charge is 0.396 e. The first-order chi connectivity index (χ1) is 7.97. The summed E-state index contributed by atoms with van der Waals surface area (Å²) in [4.78, 5) is 0. The van der Waals surface area contributed by atoms with Gasteiger partial charge in [0.05, 0.1) is 3.79 Å². The van der Waals surface area contributed by atoms with Gasteiger partial charge in [0.25, 0.3) is 0 Å². The molecule has 0 bridgehead atoms. The fourth-order valence-corrected chi connectivity index (χ4v) is 4.90. The molecule has 0 spiro atoms. The minimum absolute atomic E-state index is 0.00366. The molecular formula is C10H14BrNO3S2. The Morgan fingerprint density at radius 1 is 1.47 bits per heavy atom. The minimum Gasteiger partial charge on any atom is -0.396 e. The van der Waals surface area contributed by atoms with Gasteiger partial charge in [0.2, 0.25) is 10.0 Å². The number of nitrogens with one attached hydrogen (secondary N) is 1. The van der Waals surface area contributed by atoms with Gasteiger partial charge in [0.15, 0.2) is 0 Å². The van der Waals surface area contributed by atoms with Crippen LogP contribution in [0, 0.1) is 5.41 Å². The molecule has 0 unspecified atom stereocenters. The second-order valence-corrected chi connectivity index (χ2v) is 8.81. The lowest BCUT2D eigenvalue weighted by molar-refractivity contribution is 0.249. The summed E-state index contributed by atoms with van der Waals surface area (Å²) in [7, 11) is -3.39. The van der Waals surface area contributed by atoms with Crippen LogP contribution in [0.25, 0.3) is 0 Å². The number of aliphatic hydroxyl groups excluding tert-OH is 1. The molecule has 1 saturated carbocycles. The second kappa shape index (κ2) is 4.97. The van der Waals surface area contributed by atoms with Crippen LogP contribution in [0.4, 0.5) is 0 Å². The number of aliphatic hydroxyl groups is 1. The maximum atomic E-state index is 11.9. The fourth-order valence-electron chi connectivity index (χ4n) is 1.69. The van der Waals surface area contributed by atoms with Gasteiger partial charge in [0.1, 0.15) is 4.21 Å². The van der Waals surface area contributed by atoms with E-state index in [-0.39, 0.29) is 12.0 Å². The first-order valence-electron chi connectivity index (χ1n) is 5.33. The second-order valence-electron chi connectivity index (χ2n) is 4.36. The summed E-state index contributed by atoms with van der Waals surface area (Å²) in [6.07, 6.45) is 2.65. The molecule has 96 valence electrons. The Morgan fingerprint density at radius 2 is 2.18 bits per heavy atom. The van der Waals surface area contributed by atoms with Crippen molar-refractivity contribution in [2.45, 2.75) is 23.5 Å². The van der Waals surface area contributed by atoms with E-state index in [1.165, 1.54) is 11.3 Å². The summed E-state index contributed by atoms with van der Waals surface area (Å²) in [5, 5.41) is 8.91.